The highest BCUT2D eigenvalue weighted by atomic mass is 16.5. The zero-order chi connectivity index (χ0) is 11.9. The second kappa shape index (κ2) is 4.25. The van der Waals surface area contributed by atoms with E-state index < -0.39 is 11.4 Å². The van der Waals surface area contributed by atoms with E-state index in [1.165, 1.54) is 12.8 Å². The summed E-state index contributed by atoms with van der Waals surface area (Å²) in [6, 6.07) is 0. The third-order valence-electron chi connectivity index (χ3n) is 4.28. The van der Waals surface area contributed by atoms with Gasteiger partial charge in [0.05, 0.1) is 12.7 Å². The van der Waals surface area contributed by atoms with Crippen molar-refractivity contribution in [3.05, 3.63) is 0 Å². The summed E-state index contributed by atoms with van der Waals surface area (Å²) in [6.07, 6.45) is 5.20. The average Bonchev–Trinajstić information content (AvgIpc) is 3.19. The van der Waals surface area contributed by atoms with E-state index in [1.807, 2.05) is 0 Å². The van der Waals surface area contributed by atoms with E-state index in [9.17, 15) is 9.90 Å². The number of aliphatic carboxylic acids is 1. The molecule has 2 unspecified atom stereocenters. The van der Waals surface area contributed by atoms with Crippen molar-refractivity contribution in [2.75, 3.05) is 19.8 Å². The summed E-state index contributed by atoms with van der Waals surface area (Å²) in [7, 11) is 0. The lowest BCUT2D eigenvalue weighted by atomic mass is 9.79. The first-order valence-electron chi connectivity index (χ1n) is 6.65. The predicted molar refractivity (Wildman–Crippen MR) is 60.7 cm³/mol. The van der Waals surface area contributed by atoms with E-state index in [-0.39, 0.29) is 6.10 Å². The first-order chi connectivity index (χ1) is 8.22. The lowest BCUT2D eigenvalue weighted by Crippen LogP contribution is -2.44. The number of hydrogen-bond donors (Lipinski definition) is 1. The first-order valence-corrected chi connectivity index (χ1v) is 6.65. The van der Waals surface area contributed by atoms with Crippen LogP contribution in [0.1, 0.15) is 32.1 Å². The van der Waals surface area contributed by atoms with Crippen LogP contribution in [-0.4, -0.2) is 37.0 Å². The summed E-state index contributed by atoms with van der Waals surface area (Å²) >= 11 is 0. The smallest absolute Gasteiger partial charge is 0.314 e. The van der Waals surface area contributed by atoms with Gasteiger partial charge in [-0.05, 0) is 43.9 Å². The lowest BCUT2D eigenvalue weighted by molar-refractivity contribution is -0.158. The summed E-state index contributed by atoms with van der Waals surface area (Å²) in [6.45, 7) is 1.63. The summed E-state index contributed by atoms with van der Waals surface area (Å²) in [4.78, 5) is 11.6. The van der Waals surface area contributed by atoms with Gasteiger partial charge < -0.3 is 14.6 Å². The van der Waals surface area contributed by atoms with Crippen LogP contribution in [0.5, 0.6) is 0 Å². The quantitative estimate of drug-likeness (QED) is 0.767. The molecular weight excluding hydrogens is 220 g/mol. The fourth-order valence-electron chi connectivity index (χ4n) is 2.79. The van der Waals surface area contributed by atoms with Gasteiger partial charge in [-0.3, -0.25) is 4.79 Å². The molecule has 0 aromatic rings. The Bertz CT molecular complexity index is 309. The molecule has 0 aromatic heterocycles. The van der Waals surface area contributed by atoms with Crippen LogP contribution in [0.2, 0.25) is 0 Å². The highest BCUT2D eigenvalue weighted by molar-refractivity contribution is 5.76. The van der Waals surface area contributed by atoms with Crippen LogP contribution in [0, 0.1) is 17.3 Å². The summed E-state index contributed by atoms with van der Waals surface area (Å²) in [5.41, 5.74) is -0.768. The maximum absolute atomic E-state index is 11.6. The maximum Gasteiger partial charge on any atom is 0.314 e. The Morgan fingerprint density at radius 1 is 1.35 bits per heavy atom. The van der Waals surface area contributed by atoms with Gasteiger partial charge in [0.1, 0.15) is 5.41 Å². The van der Waals surface area contributed by atoms with Crippen molar-refractivity contribution >= 4 is 5.97 Å². The van der Waals surface area contributed by atoms with E-state index in [4.69, 9.17) is 9.47 Å². The van der Waals surface area contributed by atoms with E-state index in [0.29, 0.717) is 31.5 Å². The van der Waals surface area contributed by atoms with Crippen LogP contribution in [-0.2, 0) is 14.3 Å². The van der Waals surface area contributed by atoms with Crippen molar-refractivity contribution in [2.24, 2.45) is 17.3 Å². The minimum atomic E-state index is -0.768. The largest absolute Gasteiger partial charge is 0.481 e. The number of carboxylic acids is 1. The topological polar surface area (TPSA) is 55.8 Å². The highest BCUT2D eigenvalue weighted by Gasteiger charge is 2.56. The van der Waals surface area contributed by atoms with Gasteiger partial charge in [-0.25, -0.2) is 0 Å². The fourth-order valence-corrected chi connectivity index (χ4v) is 2.79. The van der Waals surface area contributed by atoms with Gasteiger partial charge >= 0.3 is 5.97 Å². The Morgan fingerprint density at radius 3 is 2.71 bits per heavy atom. The molecule has 3 fully saturated rings. The molecule has 0 radical (unpaired) electrons. The fraction of sp³-hybridized carbons (Fsp3) is 0.923. The third kappa shape index (κ3) is 2.20. The molecule has 3 aliphatic rings. The van der Waals surface area contributed by atoms with Gasteiger partial charge in [-0.1, -0.05) is 0 Å². The van der Waals surface area contributed by atoms with E-state index >= 15 is 0 Å². The molecular formula is C13H20O4. The van der Waals surface area contributed by atoms with Crippen LogP contribution in [0.25, 0.3) is 0 Å². The molecule has 0 aromatic carbocycles. The van der Waals surface area contributed by atoms with Crippen LogP contribution < -0.4 is 0 Å². The monoisotopic (exact) mass is 240 g/mol. The second-order valence-electron chi connectivity index (χ2n) is 5.80. The summed E-state index contributed by atoms with van der Waals surface area (Å²) in [5, 5.41) is 9.53. The molecule has 2 saturated carbocycles. The van der Waals surface area contributed by atoms with Crippen molar-refractivity contribution in [1.82, 2.24) is 0 Å². The molecule has 17 heavy (non-hydrogen) atoms. The van der Waals surface area contributed by atoms with E-state index in [2.05, 4.69) is 0 Å². The Balaban J connectivity index is 1.64. The van der Waals surface area contributed by atoms with Crippen molar-refractivity contribution < 1.29 is 19.4 Å². The molecule has 3 rings (SSSR count). The van der Waals surface area contributed by atoms with Crippen LogP contribution in [0.4, 0.5) is 0 Å². The molecule has 0 amide bonds. The Labute approximate surface area is 101 Å². The van der Waals surface area contributed by atoms with Gasteiger partial charge in [0.15, 0.2) is 0 Å². The number of carbonyl (C=O) groups is 1. The van der Waals surface area contributed by atoms with Gasteiger partial charge in [0, 0.05) is 13.2 Å². The van der Waals surface area contributed by atoms with Crippen LogP contribution in [0.3, 0.4) is 0 Å². The van der Waals surface area contributed by atoms with E-state index in [1.54, 1.807) is 0 Å². The van der Waals surface area contributed by atoms with Crippen molar-refractivity contribution in [2.45, 2.75) is 38.2 Å². The van der Waals surface area contributed by atoms with Crippen LogP contribution >= 0.6 is 0 Å². The minimum Gasteiger partial charge on any atom is -0.481 e. The SMILES string of the molecule is O=C(O)C1(COCC2CC2)CCOC1C1CC1. The summed E-state index contributed by atoms with van der Waals surface area (Å²) < 4.78 is 11.3. The molecule has 1 aliphatic heterocycles. The van der Waals surface area contributed by atoms with Gasteiger partial charge in [0.25, 0.3) is 0 Å². The molecule has 96 valence electrons. The van der Waals surface area contributed by atoms with Gasteiger partial charge in [-0.2, -0.15) is 0 Å². The number of hydrogen-bond acceptors (Lipinski definition) is 3. The third-order valence-corrected chi connectivity index (χ3v) is 4.28. The lowest BCUT2D eigenvalue weighted by Gasteiger charge is -2.29. The first kappa shape index (κ1) is 11.5. The number of rotatable bonds is 6. The molecule has 2 atom stereocenters. The van der Waals surface area contributed by atoms with Crippen LogP contribution in [0.15, 0.2) is 0 Å². The molecule has 4 heteroatoms. The Kier molecular flexibility index (Phi) is 2.87. The normalized spacial score (nSPS) is 37.3. The Morgan fingerprint density at radius 2 is 2.12 bits per heavy atom. The minimum absolute atomic E-state index is 0.112. The van der Waals surface area contributed by atoms with Gasteiger partial charge in [-0.15, -0.1) is 0 Å². The zero-order valence-corrected chi connectivity index (χ0v) is 10.1. The van der Waals surface area contributed by atoms with E-state index in [0.717, 1.165) is 19.4 Å². The van der Waals surface area contributed by atoms with Crippen molar-refractivity contribution in [3.8, 4) is 0 Å². The molecule has 1 N–H and O–H groups in total. The summed E-state index contributed by atoms with van der Waals surface area (Å²) in [5.74, 6) is 0.406. The molecule has 2 aliphatic carbocycles. The molecule has 0 bridgehead atoms. The molecule has 1 saturated heterocycles. The standard InChI is InChI=1S/C13H20O4/c14-12(15)13(8-16-7-9-1-2-9)5-6-17-11(13)10-3-4-10/h9-11H,1-8H2,(H,14,15). The average molecular weight is 240 g/mol. The maximum atomic E-state index is 11.6. The molecule has 0 spiro atoms. The van der Waals surface area contributed by atoms with Crippen molar-refractivity contribution in [3.63, 3.8) is 0 Å². The second-order valence-corrected chi connectivity index (χ2v) is 5.80. The predicted octanol–water partition coefficient (Wildman–Crippen LogP) is 1.68. The molecule has 4 nitrogen and oxygen atoms in total. The Hall–Kier alpha value is -0.610. The highest BCUT2D eigenvalue weighted by Crippen LogP contribution is 2.48. The molecule has 1 heterocycles. The van der Waals surface area contributed by atoms with Gasteiger partial charge in [0.2, 0.25) is 0 Å². The number of carboxylic acid groups (broad SMARTS) is 1. The van der Waals surface area contributed by atoms with Crippen molar-refractivity contribution in [1.29, 1.82) is 0 Å². The zero-order valence-electron chi connectivity index (χ0n) is 10.1. The number of ether oxygens (including phenoxy) is 2.